The maximum atomic E-state index is 11.3. The Balaban J connectivity index is 0.000000435. The molecule has 2 amide bonds. The second kappa shape index (κ2) is 13.2. The van der Waals surface area contributed by atoms with Gasteiger partial charge in [-0.1, -0.05) is 83.1 Å². The van der Waals surface area contributed by atoms with Crippen LogP contribution in [0.4, 0.5) is 0 Å². The van der Waals surface area contributed by atoms with E-state index in [0.717, 1.165) is 24.2 Å². The Hall–Kier alpha value is -1.07. The van der Waals surface area contributed by atoms with Crippen LogP contribution in [0.25, 0.3) is 0 Å². The first-order chi connectivity index (χ1) is 12.0. The molecule has 4 nitrogen and oxygen atoms in total. The zero-order chi connectivity index (χ0) is 18.5. The minimum atomic E-state index is -0.152. The summed E-state index contributed by atoms with van der Waals surface area (Å²) in [5.41, 5.74) is -0.141. The fraction of sp³-hybridized carbons (Fsp3) is 0.700. The lowest BCUT2D eigenvalue weighted by Gasteiger charge is -2.20. The lowest BCUT2D eigenvalue weighted by Crippen LogP contribution is -2.30. The molecule has 1 fully saturated rings. The molecule has 2 aliphatic rings. The number of nitrogens with zero attached hydrogens (tertiary/aromatic N) is 1. The minimum absolute atomic E-state index is 0.141. The van der Waals surface area contributed by atoms with E-state index in [1.54, 1.807) is 0 Å². The highest BCUT2D eigenvalue weighted by Crippen LogP contribution is 2.36. The number of hydrogen-bond acceptors (Lipinski definition) is 4. The van der Waals surface area contributed by atoms with Crippen molar-refractivity contribution in [1.29, 1.82) is 0 Å². The van der Waals surface area contributed by atoms with Crippen LogP contribution in [0.3, 0.4) is 0 Å². The molecule has 5 heteroatoms. The van der Waals surface area contributed by atoms with Crippen LogP contribution in [0.1, 0.15) is 77.6 Å². The van der Waals surface area contributed by atoms with E-state index >= 15 is 0 Å². The number of hydrogen-bond donors (Lipinski definition) is 1. The first-order valence-corrected chi connectivity index (χ1v) is 10.5. The lowest BCUT2D eigenvalue weighted by molar-refractivity contribution is -0.136. The van der Waals surface area contributed by atoms with E-state index in [1.807, 2.05) is 0 Å². The Morgan fingerprint density at radius 2 is 1.44 bits per heavy atom. The Morgan fingerprint density at radius 3 is 1.80 bits per heavy atom. The Kier molecular flexibility index (Phi) is 11.6. The normalized spacial score (nSPS) is 19.0. The van der Waals surface area contributed by atoms with E-state index < -0.39 is 0 Å². The quantitative estimate of drug-likeness (QED) is 0.421. The van der Waals surface area contributed by atoms with E-state index in [-0.39, 0.29) is 17.3 Å². The smallest absolute Gasteiger partial charge is 0.253 e. The maximum absolute atomic E-state index is 11.3. The van der Waals surface area contributed by atoms with Crippen LogP contribution >= 0.6 is 11.8 Å². The van der Waals surface area contributed by atoms with Crippen LogP contribution in [0.5, 0.6) is 0 Å². The van der Waals surface area contributed by atoms with Gasteiger partial charge in [0.2, 0.25) is 0 Å². The fourth-order valence-corrected chi connectivity index (χ4v) is 3.41. The van der Waals surface area contributed by atoms with Gasteiger partial charge in [0, 0.05) is 25.1 Å². The molecule has 0 saturated carbocycles. The van der Waals surface area contributed by atoms with Gasteiger partial charge in [0.05, 0.1) is 0 Å². The topological polar surface area (TPSA) is 57.6 Å². The number of aliphatic hydroxyl groups excluding tert-OH is 1. The highest BCUT2D eigenvalue weighted by Gasteiger charge is 2.22. The predicted molar refractivity (Wildman–Crippen MR) is 105 cm³/mol. The summed E-state index contributed by atoms with van der Waals surface area (Å²) in [6.07, 6.45) is 16.2. The van der Waals surface area contributed by atoms with Gasteiger partial charge in [-0.3, -0.25) is 14.5 Å². The van der Waals surface area contributed by atoms with Crippen LogP contribution in [0.15, 0.2) is 23.6 Å². The van der Waals surface area contributed by atoms with Crippen LogP contribution in [-0.4, -0.2) is 33.8 Å². The first-order valence-electron chi connectivity index (χ1n) is 9.60. The van der Waals surface area contributed by atoms with Crippen LogP contribution in [0.2, 0.25) is 0 Å². The third-order valence-corrected chi connectivity index (χ3v) is 5.28. The molecular formula is C20H33NO3S. The van der Waals surface area contributed by atoms with Gasteiger partial charge in [-0.05, 0) is 11.3 Å². The molecule has 0 aliphatic carbocycles. The first kappa shape index (κ1) is 22.0. The van der Waals surface area contributed by atoms with E-state index in [0.29, 0.717) is 6.54 Å². The highest BCUT2D eigenvalue weighted by atomic mass is 32.2. The molecule has 2 heterocycles. The predicted octanol–water partition coefficient (Wildman–Crippen LogP) is 4.79. The number of imide groups is 1. The zero-order valence-corrected chi connectivity index (χ0v) is 16.4. The minimum Gasteiger partial charge on any atom is -0.382 e. The second-order valence-electron chi connectivity index (χ2n) is 6.66. The van der Waals surface area contributed by atoms with Gasteiger partial charge in [0.25, 0.3) is 11.8 Å². The molecule has 0 aromatic heterocycles. The van der Waals surface area contributed by atoms with Crippen LogP contribution < -0.4 is 0 Å². The molecule has 0 spiro atoms. The number of carbonyl (C=O) groups excluding carboxylic acids is 2. The van der Waals surface area contributed by atoms with Gasteiger partial charge >= 0.3 is 0 Å². The summed E-state index contributed by atoms with van der Waals surface area (Å²) in [5.74, 6) is -0.304. The van der Waals surface area contributed by atoms with Gasteiger partial charge in [0.1, 0.15) is 5.44 Å². The van der Waals surface area contributed by atoms with Crippen LogP contribution in [0, 0.1) is 0 Å². The number of amides is 2. The van der Waals surface area contributed by atoms with Gasteiger partial charge in [-0.25, -0.2) is 0 Å². The monoisotopic (exact) mass is 367 g/mol. The Labute approximate surface area is 156 Å². The maximum Gasteiger partial charge on any atom is 0.253 e. The Morgan fingerprint density at radius 1 is 1.00 bits per heavy atom. The Bertz CT molecular complexity index is 436. The van der Waals surface area contributed by atoms with Gasteiger partial charge in [-0.15, -0.1) is 0 Å². The number of carbonyl (C=O) groups is 2. The molecule has 1 atom stereocenters. The summed E-state index contributed by atoms with van der Waals surface area (Å²) in [4.78, 5) is 25.0. The van der Waals surface area contributed by atoms with Crippen molar-refractivity contribution in [2.24, 2.45) is 0 Å². The van der Waals surface area contributed by atoms with Crippen molar-refractivity contribution >= 4 is 23.6 Å². The molecule has 142 valence electrons. The number of aliphatic hydroxyl groups is 1. The van der Waals surface area contributed by atoms with Crippen molar-refractivity contribution in [3.05, 3.63) is 23.6 Å². The molecule has 0 radical (unpaired) electrons. The van der Waals surface area contributed by atoms with E-state index in [2.05, 4.69) is 13.5 Å². The summed E-state index contributed by atoms with van der Waals surface area (Å²) in [6.45, 7) is 6.44. The molecule has 1 N–H and O–H groups in total. The molecular weight excluding hydrogens is 334 g/mol. The molecule has 2 aliphatic heterocycles. The molecule has 1 saturated heterocycles. The van der Waals surface area contributed by atoms with Crippen molar-refractivity contribution < 1.29 is 14.7 Å². The summed E-state index contributed by atoms with van der Waals surface area (Å²) in [5, 5.41) is 8.52. The third kappa shape index (κ3) is 9.85. The summed E-state index contributed by atoms with van der Waals surface area (Å²) in [7, 11) is 0. The van der Waals surface area contributed by atoms with Gasteiger partial charge in [-0.2, -0.15) is 0 Å². The van der Waals surface area contributed by atoms with Crippen molar-refractivity contribution in [2.45, 2.75) is 83.0 Å². The van der Waals surface area contributed by atoms with Gasteiger partial charge in [0.15, 0.2) is 0 Å². The molecule has 2 rings (SSSR count). The second-order valence-corrected chi connectivity index (χ2v) is 8.02. The number of rotatable bonds is 11. The van der Waals surface area contributed by atoms with E-state index in [1.165, 1.54) is 80.2 Å². The van der Waals surface area contributed by atoms with Crippen molar-refractivity contribution in [2.75, 3.05) is 6.54 Å². The largest absolute Gasteiger partial charge is 0.382 e. The average molecular weight is 368 g/mol. The van der Waals surface area contributed by atoms with E-state index in [4.69, 9.17) is 5.11 Å². The van der Waals surface area contributed by atoms with Crippen molar-refractivity contribution in [1.82, 2.24) is 4.90 Å². The molecule has 25 heavy (non-hydrogen) atoms. The van der Waals surface area contributed by atoms with Crippen molar-refractivity contribution in [3.63, 3.8) is 0 Å². The third-order valence-electron chi connectivity index (χ3n) is 4.34. The molecule has 0 aromatic carbocycles. The lowest BCUT2D eigenvalue weighted by atomic mass is 10.1. The average Bonchev–Trinajstić information content (AvgIpc) is 2.88. The summed E-state index contributed by atoms with van der Waals surface area (Å²) in [6, 6.07) is 0. The van der Waals surface area contributed by atoms with E-state index in [9.17, 15) is 9.59 Å². The molecule has 0 bridgehead atoms. The van der Waals surface area contributed by atoms with Gasteiger partial charge < -0.3 is 5.11 Å². The number of thioether (sulfide) groups is 1. The zero-order valence-electron chi connectivity index (χ0n) is 15.5. The number of unbranched alkanes of at least 4 members (excludes halogenated alkanes) is 9. The molecule has 1 unspecified atom stereocenters. The fourth-order valence-electron chi connectivity index (χ4n) is 2.79. The van der Waals surface area contributed by atoms with Crippen molar-refractivity contribution in [3.8, 4) is 0 Å². The SMILES string of the molecule is C=C1CC(O)S1.CCCCCCCCCCCCN1C(=O)C=CC1=O. The highest BCUT2D eigenvalue weighted by molar-refractivity contribution is 8.05. The summed E-state index contributed by atoms with van der Waals surface area (Å²) >= 11 is 1.44. The summed E-state index contributed by atoms with van der Waals surface area (Å²) < 4.78 is 0. The molecule has 0 aromatic rings. The van der Waals surface area contributed by atoms with Crippen LogP contribution in [-0.2, 0) is 9.59 Å². The standard InChI is InChI=1S/C16H27NO2.C4H6OS/c1-2-3-4-5-6-7-8-9-10-11-14-17-15(18)12-13-16(17)19;1-3-2-4(5)6-3/h12-13H,2-11,14H2,1H3;4-5H,1-2H2.